The van der Waals surface area contributed by atoms with E-state index in [0.717, 1.165) is 5.56 Å². The van der Waals surface area contributed by atoms with Crippen LogP contribution in [0.25, 0.3) is 0 Å². The number of carbonyl (C=O) groups excluding carboxylic acids is 2. The fourth-order valence-corrected chi connectivity index (χ4v) is 5.01. The summed E-state index contributed by atoms with van der Waals surface area (Å²) in [5.74, 6) is 0.638. The number of hydrogen-bond acceptors (Lipinski definition) is 7. The Balaban J connectivity index is 1.57. The molecule has 1 heterocycles. The van der Waals surface area contributed by atoms with Gasteiger partial charge in [0.05, 0.1) is 32.7 Å². The molecule has 1 aliphatic heterocycles. The first kappa shape index (κ1) is 27.0. The van der Waals surface area contributed by atoms with Crippen LogP contribution >= 0.6 is 11.8 Å². The Morgan fingerprint density at radius 1 is 1.03 bits per heavy atom. The lowest BCUT2D eigenvalue weighted by Crippen LogP contribution is -2.46. The van der Waals surface area contributed by atoms with Crippen LogP contribution in [-0.4, -0.2) is 55.0 Å². The predicted molar refractivity (Wildman–Crippen MR) is 146 cm³/mol. The Morgan fingerprint density at radius 2 is 1.76 bits per heavy atom. The van der Waals surface area contributed by atoms with Gasteiger partial charge < -0.3 is 19.5 Å². The first-order chi connectivity index (χ1) is 18.4. The topological polar surface area (TPSA) is 89.5 Å². The van der Waals surface area contributed by atoms with E-state index in [0.29, 0.717) is 41.1 Å². The number of benzene rings is 3. The van der Waals surface area contributed by atoms with Crippen molar-refractivity contribution in [1.82, 2.24) is 4.90 Å². The Kier molecular flexibility index (Phi) is 8.85. The van der Waals surface area contributed by atoms with Crippen LogP contribution in [0.15, 0.2) is 71.7 Å². The monoisotopic (exact) mass is 537 g/mol. The molecule has 1 aliphatic rings. The molecule has 1 saturated heterocycles. The number of hydrogen-bond donors (Lipinski definition) is 1. The zero-order valence-electron chi connectivity index (χ0n) is 21.3. The maximum absolute atomic E-state index is 14.1. The first-order valence-electron chi connectivity index (χ1n) is 11.9. The molecular weight excluding hydrogens is 509 g/mol. The van der Waals surface area contributed by atoms with Crippen LogP contribution in [0, 0.1) is 5.82 Å². The van der Waals surface area contributed by atoms with Crippen molar-refractivity contribution in [3.8, 4) is 17.2 Å². The minimum Gasteiger partial charge on any atom is -0.497 e. The summed E-state index contributed by atoms with van der Waals surface area (Å²) in [6.45, 7) is 0.345. The number of nitrogens with zero attached hydrogens (tertiary/aromatic N) is 2. The number of halogens is 1. The van der Waals surface area contributed by atoms with E-state index in [-0.39, 0.29) is 18.0 Å². The first-order valence-corrected chi connectivity index (χ1v) is 12.8. The lowest BCUT2D eigenvalue weighted by molar-refractivity contribution is -0.129. The fraction of sp³-hybridized carbons (Fsp3) is 0.250. The van der Waals surface area contributed by atoms with Crippen molar-refractivity contribution >= 4 is 40.1 Å². The lowest BCUT2D eigenvalue weighted by Gasteiger charge is -2.32. The van der Waals surface area contributed by atoms with E-state index in [2.05, 4.69) is 10.3 Å². The summed E-state index contributed by atoms with van der Waals surface area (Å²) in [6.07, 6.45) is 0.485. The molecule has 1 atom stereocenters. The summed E-state index contributed by atoms with van der Waals surface area (Å²) in [6, 6.07) is 18.6. The highest BCUT2D eigenvalue weighted by atomic mass is 32.2. The van der Waals surface area contributed by atoms with Crippen LogP contribution in [-0.2, 0) is 16.0 Å². The van der Waals surface area contributed by atoms with Gasteiger partial charge in [-0.1, -0.05) is 30.0 Å². The largest absolute Gasteiger partial charge is 0.497 e. The van der Waals surface area contributed by atoms with Gasteiger partial charge in [-0.15, -0.1) is 0 Å². The molecule has 0 saturated carbocycles. The molecule has 2 amide bonds. The van der Waals surface area contributed by atoms with Crippen LogP contribution < -0.4 is 19.5 Å². The third kappa shape index (κ3) is 6.44. The molecule has 3 aromatic carbocycles. The van der Waals surface area contributed by atoms with Crippen molar-refractivity contribution in [2.24, 2.45) is 4.99 Å². The van der Waals surface area contributed by atoms with Crippen molar-refractivity contribution in [1.29, 1.82) is 0 Å². The normalized spacial score (nSPS) is 16.3. The van der Waals surface area contributed by atoms with E-state index >= 15 is 0 Å². The van der Waals surface area contributed by atoms with Crippen LogP contribution in [0.1, 0.15) is 12.0 Å². The molecule has 8 nitrogen and oxygen atoms in total. The van der Waals surface area contributed by atoms with E-state index in [1.54, 1.807) is 62.6 Å². The van der Waals surface area contributed by atoms with Crippen LogP contribution in [0.3, 0.4) is 0 Å². The standard InChI is InChI=1S/C28H28FN3O5S/c1-35-20-11-9-19(10-12-20)30-28-32(15-14-18-8-13-23(36-2)24(16-18)37-3)26(33)17-25(38-28)27(34)31-22-7-5-4-6-21(22)29/h4-13,16,25H,14-15,17H2,1-3H3,(H,31,34). The number of carbonyl (C=O) groups is 2. The average molecular weight is 538 g/mol. The molecule has 0 bridgehead atoms. The molecular formula is C28H28FN3O5S. The molecule has 4 rings (SSSR count). The lowest BCUT2D eigenvalue weighted by atomic mass is 10.1. The van der Waals surface area contributed by atoms with Gasteiger partial charge in [0.25, 0.3) is 0 Å². The van der Waals surface area contributed by atoms with Gasteiger partial charge in [0.2, 0.25) is 11.8 Å². The highest BCUT2D eigenvalue weighted by molar-refractivity contribution is 8.15. The number of ether oxygens (including phenoxy) is 3. The van der Waals surface area contributed by atoms with Crippen LogP contribution in [0.4, 0.5) is 15.8 Å². The molecule has 0 spiro atoms. The summed E-state index contributed by atoms with van der Waals surface area (Å²) < 4.78 is 30.0. The van der Waals surface area contributed by atoms with Crippen molar-refractivity contribution in [3.05, 3.63) is 78.1 Å². The fourth-order valence-electron chi connectivity index (χ4n) is 3.88. The molecule has 1 fully saturated rings. The van der Waals surface area contributed by atoms with Gasteiger partial charge in [0, 0.05) is 13.0 Å². The van der Waals surface area contributed by atoms with E-state index in [1.807, 2.05) is 18.2 Å². The zero-order chi connectivity index (χ0) is 27.1. The van der Waals surface area contributed by atoms with Crippen molar-refractivity contribution in [3.63, 3.8) is 0 Å². The van der Waals surface area contributed by atoms with E-state index in [9.17, 15) is 14.0 Å². The van der Waals surface area contributed by atoms with Crippen molar-refractivity contribution in [2.75, 3.05) is 33.2 Å². The highest BCUT2D eigenvalue weighted by Gasteiger charge is 2.36. The van der Waals surface area contributed by atoms with Gasteiger partial charge in [-0.2, -0.15) is 0 Å². The van der Waals surface area contributed by atoms with Gasteiger partial charge in [-0.3, -0.25) is 14.5 Å². The molecule has 10 heteroatoms. The summed E-state index contributed by atoms with van der Waals surface area (Å²) in [4.78, 5) is 32.6. The van der Waals surface area contributed by atoms with Gasteiger partial charge in [0.15, 0.2) is 16.7 Å². The van der Waals surface area contributed by atoms with Crippen molar-refractivity contribution < 1.29 is 28.2 Å². The molecule has 1 N–H and O–H groups in total. The smallest absolute Gasteiger partial charge is 0.238 e. The minimum absolute atomic E-state index is 0.0431. The third-order valence-electron chi connectivity index (χ3n) is 5.93. The minimum atomic E-state index is -0.767. The Hall–Kier alpha value is -4.05. The Bertz CT molecular complexity index is 1330. The summed E-state index contributed by atoms with van der Waals surface area (Å²) in [5.41, 5.74) is 1.62. The number of amides is 2. The quantitative estimate of drug-likeness (QED) is 0.411. The molecule has 1 unspecified atom stereocenters. The second-order valence-corrected chi connectivity index (χ2v) is 9.53. The number of aliphatic imine (C=N–C) groups is 1. The number of amidine groups is 1. The molecule has 3 aromatic rings. The van der Waals surface area contributed by atoms with E-state index in [1.165, 1.54) is 23.9 Å². The number of anilines is 1. The Labute approximate surface area is 224 Å². The van der Waals surface area contributed by atoms with Crippen LogP contribution in [0.5, 0.6) is 17.2 Å². The van der Waals surface area contributed by atoms with E-state index < -0.39 is 17.0 Å². The highest BCUT2D eigenvalue weighted by Crippen LogP contribution is 2.32. The maximum Gasteiger partial charge on any atom is 0.238 e. The number of rotatable bonds is 9. The summed E-state index contributed by atoms with van der Waals surface area (Å²) in [5, 5.41) is 2.22. The number of para-hydroxylation sites is 1. The van der Waals surface area contributed by atoms with Gasteiger partial charge >= 0.3 is 0 Å². The summed E-state index contributed by atoms with van der Waals surface area (Å²) >= 11 is 1.17. The summed E-state index contributed by atoms with van der Waals surface area (Å²) in [7, 11) is 4.71. The number of methoxy groups -OCH3 is 3. The maximum atomic E-state index is 14.1. The molecule has 0 aromatic heterocycles. The molecule has 38 heavy (non-hydrogen) atoms. The van der Waals surface area contributed by atoms with Gasteiger partial charge in [0.1, 0.15) is 16.8 Å². The van der Waals surface area contributed by atoms with Gasteiger partial charge in [-0.05, 0) is 60.5 Å². The SMILES string of the molecule is COc1ccc(N=C2SC(C(=O)Nc3ccccc3F)CC(=O)N2CCc2ccc(OC)c(OC)c2)cc1. The molecule has 198 valence electrons. The Morgan fingerprint density at radius 3 is 2.45 bits per heavy atom. The second kappa shape index (κ2) is 12.5. The second-order valence-electron chi connectivity index (χ2n) is 8.36. The van der Waals surface area contributed by atoms with Gasteiger partial charge in [-0.25, -0.2) is 9.38 Å². The molecule has 0 radical (unpaired) electrons. The molecule has 0 aliphatic carbocycles. The van der Waals surface area contributed by atoms with Crippen molar-refractivity contribution in [2.45, 2.75) is 18.1 Å². The number of thioether (sulfide) groups is 1. The van der Waals surface area contributed by atoms with E-state index in [4.69, 9.17) is 14.2 Å². The number of nitrogens with one attached hydrogen (secondary N) is 1. The zero-order valence-corrected chi connectivity index (χ0v) is 22.1. The predicted octanol–water partition coefficient (Wildman–Crippen LogP) is 5.05. The average Bonchev–Trinajstić information content (AvgIpc) is 2.93. The van der Waals surface area contributed by atoms with Crippen LogP contribution in [0.2, 0.25) is 0 Å². The third-order valence-corrected chi connectivity index (χ3v) is 7.12.